The highest BCUT2D eigenvalue weighted by Crippen LogP contribution is 2.24. The Morgan fingerprint density at radius 2 is 1.67 bits per heavy atom. The summed E-state index contributed by atoms with van der Waals surface area (Å²) in [5, 5.41) is 4.76. The summed E-state index contributed by atoms with van der Waals surface area (Å²) in [7, 11) is 0. The second-order valence-electron chi connectivity index (χ2n) is 7.73. The number of anilines is 1. The van der Waals surface area contributed by atoms with Gasteiger partial charge in [-0.2, -0.15) is 5.10 Å². The lowest BCUT2D eigenvalue weighted by Gasteiger charge is -2.27. The fraction of sp³-hybridized carbons (Fsp3) is 0.192. The largest absolute Gasteiger partial charge is 0.457 e. The molecule has 166 valence electrons. The van der Waals surface area contributed by atoms with E-state index < -0.39 is 5.97 Å². The third kappa shape index (κ3) is 4.78. The van der Waals surface area contributed by atoms with Gasteiger partial charge in [-0.15, -0.1) is 0 Å². The van der Waals surface area contributed by atoms with Gasteiger partial charge in [0.15, 0.2) is 0 Å². The standard InChI is InChI=1S/C26H24N4O3/c31-26(21-11-12-24(27-17-21)29-13-15-32-16-14-29)33-19-22-18-30(23-9-5-2-6-10-23)28-25(22)20-7-3-1-4-8-20/h1-12,17-18H,13-16,19H2. The van der Waals surface area contributed by atoms with Crippen LogP contribution < -0.4 is 4.90 Å². The van der Waals surface area contributed by atoms with Crippen LogP contribution in [0.25, 0.3) is 16.9 Å². The molecule has 5 rings (SSSR count). The van der Waals surface area contributed by atoms with Crippen molar-refractivity contribution in [2.75, 3.05) is 31.2 Å². The minimum atomic E-state index is -0.414. The van der Waals surface area contributed by atoms with E-state index in [9.17, 15) is 4.79 Å². The Bertz CT molecular complexity index is 1200. The first-order valence-electron chi connectivity index (χ1n) is 10.9. The maximum absolute atomic E-state index is 12.7. The first-order chi connectivity index (χ1) is 16.3. The average Bonchev–Trinajstić information content (AvgIpc) is 3.33. The number of rotatable bonds is 6. The van der Waals surface area contributed by atoms with Crippen LogP contribution in [0.5, 0.6) is 0 Å². The first-order valence-corrected chi connectivity index (χ1v) is 10.9. The number of nitrogens with zero attached hydrogens (tertiary/aromatic N) is 4. The number of hydrogen-bond donors (Lipinski definition) is 0. The van der Waals surface area contributed by atoms with Crippen molar-refractivity contribution in [1.29, 1.82) is 0 Å². The van der Waals surface area contributed by atoms with Crippen molar-refractivity contribution in [3.63, 3.8) is 0 Å². The Labute approximate surface area is 192 Å². The molecule has 3 heterocycles. The topological polar surface area (TPSA) is 69.5 Å². The number of hydrogen-bond acceptors (Lipinski definition) is 6. The molecule has 0 radical (unpaired) electrons. The quantitative estimate of drug-likeness (QED) is 0.420. The summed E-state index contributed by atoms with van der Waals surface area (Å²) in [6, 6.07) is 23.4. The molecule has 0 unspecified atom stereocenters. The van der Waals surface area contributed by atoms with E-state index in [2.05, 4.69) is 9.88 Å². The van der Waals surface area contributed by atoms with Crippen molar-refractivity contribution in [3.8, 4) is 16.9 Å². The molecular weight excluding hydrogens is 416 g/mol. The number of aromatic nitrogens is 3. The molecular formula is C26H24N4O3. The van der Waals surface area contributed by atoms with E-state index in [1.807, 2.05) is 77.6 Å². The third-order valence-corrected chi connectivity index (χ3v) is 5.54. The molecule has 7 heteroatoms. The van der Waals surface area contributed by atoms with Crippen LogP contribution in [0, 0.1) is 0 Å². The van der Waals surface area contributed by atoms with Crippen LogP contribution in [0.3, 0.4) is 0 Å². The molecule has 0 amide bonds. The van der Waals surface area contributed by atoms with Crippen LogP contribution in [0.1, 0.15) is 15.9 Å². The molecule has 0 aliphatic carbocycles. The normalized spacial score (nSPS) is 13.6. The van der Waals surface area contributed by atoms with Crippen molar-refractivity contribution in [3.05, 3.63) is 96.3 Å². The Kier molecular flexibility index (Phi) is 6.12. The molecule has 0 bridgehead atoms. The van der Waals surface area contributed by atoms with Gasteiger partial charge in [0, 0.05) is 36.6 Å². The summed E-state index contributed by atoms with van der Waals surface area (Å²) in [4.78, 5) is 19.3. The van der Waals surface area contributed by atoms with Crippen LogP contribution >= 0.6 is 0 Å². The summed E-state index contributed by atoms with van der Waals surface area (Å²) in [6.07, 6.45) is 3.48. The maximum Gasteiger partial charge on any atom is 0.340 e. The minimum absolute atomic E-state index is 0.112. The van der Waals surface area contributed by atoms with E-state index in [4.69, 9.17) is 14.6 Å². The van der Waals surface area contributed by atoms with Gasteiger partial charge in [-0.05, 0) is 24.3 Å². The monoisotopic (exact) mass is 440 g/mol. The number of ether oxygens (including phenoxy) is 2. The molecule has 2 aromatic heterocycles. The number of esters is 1. The van der Waals surface area contributed by atoms with Gasteiger partial charge < -0.3 is 14.4 Å². The Morgan fingerprint density at radius 1 is 0.939 bits per heavy atom. The first kappa shape index (κ1) is 20.9. The van der Waals surface area contributed by atoms with Crippen LogP contribution in [0.2, 0.25) is 0 Å². The van der Waals surface area contributed by atoms with Crippen molar-refractivity contribution < 1.29 is 14.3 Å². The number of para-hydroxylation sites is 1. The fourth-order valence-corrected chi connectivity index (χ4v) is 3.78. The Balaban J connectivity index is 1.33. The predicted octanol–water partition coefficient (Wildman–Crippen LogP) is 4.13. The molecule has 1 aliphatic heterocycles. The molecule has 0 atom stereocenters. The number of carbonyl (C=O) groups excluding carboxylic acids is 1. The summed E-state index contributed by atoms with van der Waals surface area (Å²) in [6.45, 7) is 3.08. The van der Waals surface area contributed by atoms with E-state index >= 15 is 0 Å². The van der Waals surface area contributed by atoms with Crippen molar-refractivity contribution in [2.45, 2.75) is 6.61 Å². The number of pyridine rings is 1. The van der Waals surface area contributed by atoms with Gasteiger partial charge in [0.25, 0.3) is 0 Å². The Hall–Kier alpha value is -3.97. The molecule has 4 aromatic rings. The van der Waals surface area contributed by atoms with Crippen LogP contribution in [-0.2, 0) is 16.1 Å². The fourth-order valence-electron chi connectivity index (χ4n) is 3.78. The van der Waals surface area contributed by atoms with E-state index in [1.165, 1.54) is 0 Å². The SMILES string of the molecule is O=C(OCc1cn(-c2ccccc2)nc1-c1ccccc1)c1ccc(N2CCOCC2)nc1. The highest BCUT2D eigenvalue weighted by Gasteiger charge is 2.17. The van der Waals surface area contributed by atoms with Gasteiger partial charge in [-0.3, -0.25) is 0 Å². The molecule has 0 saturated carbocycles. The van der Waals surface area contributed by atoms with Crippen LogP contribution in [0.4, 0.5) is 5.82 Å². The highest BCUT2D eigenvalue weighted by molar-refractivity contribution is 5.89. The van der Waals surface area contributed by atoms with Crippen LogP contribution in [-0.4, -0.2) is 47.0 Å². The third-order valence-electron chi connectivity index (χ3n) is 5.54. The summed E-state index contributed by atoms with van der Waals surface area (Å²) in [5.41, 5.74) is 3.94. The summed E-state index contributed by atoms with van der Waals surface area (Å²) in [5.74, 6) is 0.424. The molecule has 2 aromatic carbocycles. The van der Waals surface area contributed by atoms with Gasteiger partial charge in [0.1, 0.15) is 12.4 Å². The van der Waals surface area contributed by atoms with E-state index in [0.29, 0.717) is 18.8 Å². The summed E-state index contributed by atoms with van der Waals surface area (Å²) >= 11 is 0. The zero-order valence-electron chi connectivity index (χ0n) is 18.1. The molecule has 7 nitrogen and oxygen atoms in total. The lowest BCUT2D eigenvalue weighted by Crippen LogP contribution is -2.36. The predicted molar refractivity (Wildman–Crippen MR) is 125 cm³/mol. The zero-order chi connectivity index (χ0) is 22.5. The van der Waals surface area contributed by atoms with Crippen LogP contribution in [0.15, 0.2) is 85.2 Å². The van der Waals surface area contributed by atoms with E-state index in [0.717, 1.165) is 41.4 Å². The smallest absolute Gasteiger partial charge is 0.340 e. The molecule has 0 N–H and O–H groups in total. The second kappa shape index (κ2) is 9.67. The number of carbonyl (C=O) groups is 1. The van der Waals surface area contributed by atoms with E-state index in [-0.39, 0.29) is 6.61 Å². The number of benzene rings is 2. The van der Waals surface area contributed by atoms with E-state index in [1.54, 1.807) is 12.3 Å². The van der Waals surface area contributed by atoms with Gasteiger partial charge in [0.05, 0.1) is 30.2 Å². The van der Waals surface area contributed by atoms with Gasteiger partial charge in [-0.1, -0.05) is 48.5 Å². The van der Waals surface area contributed by atoms with Crippen molar-refractivity contribution in [1.82, 2.24) is 14.8 Å². The molecule has 1 saturated heterocycles. The highest BCUT2D eigenvalue weighted by atomic mass is 16.5. The summed E-state index contributed by atoms with van der Waals surface area (Å²) < 4.78 is 12.8. The maximum atomic E-state index is 12.7. The lowest BCUT2D eigenvalue weighted by molar-refractivity contribution is 0.0473. The molecule has 0 spiro atoms. The van der Waals surface area contributed by atoms with Gasteiger partial charge in [-0.25, -0.2) is 14.5 Å². The number of morpholine rings is 1. The molecule has 1 fully saturated rings. The zero-order valence-corrected chi connectivity index (χ0v) is 18.1. The lowest BCUT2D eigenvalue weighted by atomic mass is 10.1. The van der Waals surface area contributed by atoms with Gasteiger partial charge in [0.2, 0.25) is 0 Å². The Morgan fingerprint density at radius 3 is 2.36 bits per heavy atom. The molecule has 1 aliphatic rings. The average molecular weight is 441 g/mol. The van der Waals surface area contributed by atoms with Gasteiger partial charge >= 0.3 is 5.97 Å². The molecule has 33 heavy (non-hydrogen) atoms. The minimum Gasteiger partial charge on any atom is -0.457 e. The van der Waals surface area contributed by atoms with Crippen molar-refractivity contribution >= 4 is 11.8 Å². The second-order valence-corrected chi connectivity index (χ2v) is 7.73. The van der Waals surface area contributed by atoms with Crippen molar-refractivity contribution in [2.24, 2.45) is 0 Å².